The minimum atomic E-state index is -0.876. The number of carbonyl (C=O) groups excluding carboxylic acids is 3. The maximum absolute atomic E-state index is 11.9. The quantitative estimate of drug-likeness (QED) is 0.582. The molecule has 0 aromatic heterocycles. The van der Waals surface area contributed by atoms with Crippen molar-refractivity contribution in [1.82, 2.24) is 5.32 Å². The molecule has 1 atom stereocenters. The van der Waals surface area contributed by atoms with Gasteiger partial charge in [-0.05, 0) is 19.4 Å². The van der Waals surface area contributed by atoms with Crippen LogP contribution in [0, 0.1) is 0 Å². The van der Waals surface area contributed by atoms with Gasteiger partial charge in [-0.2, -0.15) is 0 Å². The zero-order chi connectivity index (χ0) is 18.2. The molecule has 24 heavy (non-hydrogen) atoms. The normalized spacial score (nSPS) is 12.2. The highest BCUT2D eigenvalue weighted by Crippen LogP contribution is 2.39. The van der Waals surface area contributed by atoms with E-state index in [2.05, 4.69) is 5.32 Å². The highest BCUT2D eigenvalue weighted by molar-refractivity contribution is 8.82. The molecule has 0 aliphatic carbocycles. The van der Waals surface area contributed by atoms with Crippen LogP contribution in [0.4, 0.5) is 4.79 Å². The Morgan fingerprint density at radius 1 is 1.21 bits per heavy atom. The molecule has 1 N–H and O–H groups in total. The third-order valence-electron chi connectivity index (χ3n) is 3.00. The van der Waals surface area contributed by atoms with Crippen molar-refractivity contribution >= 4 is 38.8 Å². The van der Waals surface area contributed by atoms with Crippen LogP contribution >= 0.6 is 21.6 Å². The summed E-state index contributed by atoms with van der Waals surface area (Å²) in [6.07, 6.45) is 0. The third-order valence-corrected chi connectivity index (χ3v) is 5.95. The fourth-order valence-corrected chi connectivity index (χ4v) is 3.69. The van der Waals surface area contributed by atoms with Crippen LogP contribution in [-0.4, -0.2) is 35.1 Å². The Morgan fingerprint density at radius 2 is 1.83 bits per heavy atom. The largest absolute Gasteiger partial charge is 0.467 e. The van der Waals surface area contributed by atoms with Gasteiger partial charge < -0.3 is 14.8 Å². The summed E-state index contributed by atoms with van der Waals surface area (Å²) in [5, 5.41) is 2.08. The van der Waals surface area contributed by atoms with Crippen LogP contribution in [0.25, 0.3) is 0 Å². The summed E-state index contributed by atoms with van der Waals surface area (Å²) in [5.74, 6) is -0.920. The number of rotatable bonds is 7. The van der Waals surface area contributed by atoms with E-state index in [1.165, 1.54) is 14.0 Å². The number of benzene rings is 1. The van der Waals surface area contributed by atoms with Crippen molar-refractivity contribution in [3.8, 4) is 0 Å². The first kappa shape index (κ1) is 20.4. The zero-order valence-electron chi connectivity index (χ0n) is 14.0. The summed E-state index contributed by atoms with van der Waals surface area (Å²) >= 11 is 0. The molecule has 0 spiro atoms. The zero-order valence-corrected chi connectivity index (χ0v) is 15.7. The first-order chi connectivity index (χ1) is 11.3. The van der Waals surface area contributed by atoms with Crippen LogP contribution in [0.3, 0.4) is 0 Å². The van der Waals surface area contributed by atoms with Gasteiger partial charge in [0.2, 0.25) is 5.91 Å². The standard InChI is InChI=1S/C16H21NO5S2/c1-11(18)17-13(14(19)21-4)16(2,3)24-23-15(20)22-10-12-8-6-5-7-9-12/h5-9,13H,10H2,1-4H3,(H,17,18). The first-order valence-corrected chi connectivity index (χ1v) is 9.32. The maximum atomic E-state index is 11.9. The lowest BCUT2D eigenvalue weighted by molar-refractivity contribution is -0.145. The lowest BCUT2D eigenvalue weighted by Gasteiger charge is -2.30. The molecule has 1 amide bonds. The van der Waals surface area contributed by atoms with E-state index >= 15 is 0 Å². The van der Waals surface area contributed by atoms with Crippen LogP contribution in [0.2, 0.25) is 0 Å². The second kappa shape index (κ2) is 9.58. The smallest absolute Gasteiger partial charge is 0.378 e. The van der Waals surface area contributed by atoms with E-state index in [-0.39, 0.29) is 12.5 Å². The fraction of sp³-hybridized carbons (Fsp3) is 0.438. The summed E-state index contributed by atoms with van der Waals surface area (Å²) in [6, 6.07) is 8.45. The molecule has 0 saturated heterocycles. The molecule has 1 unspecified atom stereocenters. The van der Waals surface area contributed by atoms with E-state index in [0.717, 1.165) is 27.2 Å². The monoisotopic (exact) mass is 371 g/mol. The number of nitrogens with one attached hydrogen (secondary N) is 1. The fourth-order valence-electron chi connectivity index (χ4n) is 1.77. The van der Waals surface area contributed by atoms with E-state index < -0.39 is 22.1 Å². The van der Waals surface area contributed by atoms with Crippen molar-refractivity contribution in [3.05, 3.63) is 35.9 Å². The minimum Gasteiger partial charge on any atom is -0.467 e. The van der Waals surface area contributed by atoms with Crippen molar-refractivity contribution in [2.45, 2.75) is 38.2 Å². The van der Waals surface area contributed by atoms with E-state index in [1.807, 2.05) is 30.3 Å². The van der Waals surface area contributed by atoms with Gasteiger partial charge in [0.05, 0.1) is 11.9 Å². The Labute approximate surface area is 149 Å². The Hall–Kier alpha value is -1.67. The number of esters is 1. The number of amides is 1. The Kier molecular flexibility index (Phi) is 8.14. The molecule has 1 aromatic rings. The van der Waals surface area contributed by atoms with Gasteiger partial charge in [-0.15, -0.1) is 0 Å². The van der Waals surface area contributed by atoms with Crippen LogP contribution in [0.15, 0.2) is 30.3 Å². The Bertz CT molecular complexity index is 577. The van der Waals surface area contributed by atoms with Gasteiger partial charge in [0.1, 0.15) is 12.6 Å². The highest BCUT2D eigenvalue weighted by Gasteiger charge is 2.38. The summed E-state index contributed by atoms with van der Waals surface area (Å²) in [4.78, 5) is 35.0. The van der Waals surface area contributed by atoms with Crippen molar-refractivity contribution < 1.29 is 23.9 Å². The van der Waals surface area contributed by atoms with E-state index in [1.54, 1.807) is 13.8 Å². The van der Waals surface area contributed by atoms with Crippen LogP contribution in [-0.2, 0) is 25.7 Å². The Morgan fingerprint density at radius 3 is 2.38 bits per heavy atom. The summed E-state index contributed by atoms with van der Waals surface area (Å²) in [6.45, 7) is 4.98. The molecular formula is C16H21NO5S2. The molecule has 1 rings (SSSR count). The first-order valence-electron chi connectivity index (χ1n) is 7.17. The van der Waals surface area contributed by atoms with Gasteiger partial charge in [-0.3, -0.25) is 4.79 Å². The molecule has 6 nitrogen and oxygen atoms in total. The molecule has 0 saturated carbocycles. The van der Waals surface area contributed by atoms with Gasteiger partial charge >= 0.3 is 11.3 Å². The molecule has 132 valence electrons. The molecule has 0 fully saturated rings. The second-order valence-electron chi connectivity index (χ2n) is 5.45. The average Bonchev–Trinajstić information content (AvgIpc) is 2.56. The Balaban J connectivity index is 2.56. The number of methoxy groups -OCH3 is 1. The molecule has 0 aliphatic heterocycles. The minimum absolute atomic E-state index is 0.180. The predicted octanol–water partition coefficient (Wildman–Crippen LogP) is 3.16. The predicted molar refractivity (Wildman–Crippen MR) is 95.5 cm³/mol. The molecule has 0 radical (unpaired) electrons. The second-order valence-corrected chi connectivity index (χ2v) is 8.17. The van der Waals surface area contributed by atoms with Crippen molar-refractivity contribution in [2.24, 2.45) is 0 Å². The molecular weight excluding hydrogens is 350 g/mol. The lowest BCUT2D eigenvalue weighted by Crippen LogP contribution is -2.52. The molecule has 1 aromatic carbocycles. The number of hydrogen-bond acceptors (Lipinski definition) is 7. The molecule has 0 bridgehead atoms. The van der Waals surface area contributed by atoms with E-state index in [4.69, 9.17) is 9.47 Å². The summed E-state index contributed by atoms with van der Waals surface area (Å²) in [5.41, 5.74) is 0.890. The van der Waals surface area contributed by atoms with Crippen LogP contribution in [0.5, 0.6) is 0 Å². The topological polar surface area (TPSA) is 81.7 Å². The van der Waals surface area contributed by atoms with Gasteiger partial charge in [0.25, 0.3) is 0 Å². The van der Waals surface area contributed by atoms with Crippen molar-refractivity contribution in [2.75, 3.05) is 7.11 Å². The van der Waals surface area contributed by atoms with Crippen LogP contribution in [0.1, 0.15) is 26.3 Å². The van der Waals surface area contributed by atoms with E-state index in [0.29, 0.717) is 0 Å². The lowest BCUT2D eigenvalue weighted by atomic mass is 10.0. The van der Waals surface area contributed by atoms with Gasteiger partial charge in [0, 0.05) is 17.7 Å². The summed E-state index contributed by atoms with van der Waals surface area (Å²) in [7, 11) is 3.27. The maximum Gasteiger partial charge on any atom is 0.378 e. The average molecular weight is 371 g/mol. The highest BCUT2D eigenvalue weighted by atomic mass is 33.1. The molecule has 0 aliphatic rings. The number of hydrogen-bond donors (Lipinski definition) is 1. The van der Waals surface area contributed by atoms with Gasteiger partial charge in [-0.1, -0.05) is 41.1 Å². The van der Waals surface area contributed by atoms with Crippen molar-refractivity contribution in [1.29, 1.82) is 0 Å². The van der Waals surface area contributed by atoms with Gasteiger partial charge in [0.15, 0.2) is 0 Å². The molecule has 8 heteroatoms. The van der Waals surface area contributed by atoms with E-state index in [9.17, 15) is 14.4 Å². The van der Waals surface area contributed by atoms with Crippen LogP contribution < -0.4 is 5.32 Å². The number of carbonyl (C=O) groups is 3. The third kappa shape index (κ3) is 6.84. The van der Waals surface area contributed by atoms with Gasteiger partial charge in [-0.25, -0.2) is 9.59 Å². The van der Waals surface area contributed by atoms with Crippen molar-refractivity contribution in [3.63, 3.8) is 0 Å². The number of ether oxygens (including phenoxy) is 2. The SMILES string of the molecule is COC(=O)C(NC(C)=O)C(C)(C)SSC(=O)OCc1ccccc1. The molecule has 0 heterocycles. The summed E-state index contributed by atoms with van der Waals surface area (Å²) < 4.78 is 9.12.